The van der Waals surface area contributed by atoms with Gasteiger partial charge in [-0.05, 0) is 43.8 Å². The zero-order valence-electron chi connectivity index (χ0n) is 16.2. The average molecular weight is 398 g/mol. The number of likely N-dealkylation sites (N-methyl/N-ethyl adjacent to an activating group) is 1. The normalized spacial score (nSPS) is 15.2. The van der Waals surface area contributed by atoms with Crippen LogP contribution in [-0.2, 0) is 7.05 Å². The molecule has 1 aromatic carbocycles. The molecule has 1 aliphatic rings. The number of hydrogen-bond donors (Lipinski definition) is 1. The first-order valence-corrected chi connectivity index (χ1v) is 10.1. The predicted molar refractivity (Wildman–Crippen MR) is 114 cm³/mol. The molecule has 7 nitrogen and oxygen atoms in total. The van der Waals surface area contributed by atoms with Gasteiger partial charge in [-0.25, -0.2) is 4.98 Å². The maximum atomic E-state index is 12.8. The van der Waals surface area contributed by atoms with Crippen molar-refractivity contribution in [3.63, 3.8) is 0 Å². The van der Waals surface area contributed by atoms with Crippen molar-refractivity contribution >= 4 is 38.8 Å². The van der Waals surface area contributed by atoms with Crippen molar-refractivity contribution in [1.82, 2.24) is 14.5 Å². The number of thiophene rings is 1. The van der Waals surface area contributed by atoms with Gasteiger partial charge < -0.3 is 19.7 Å². The summed E-state index contributed by atoms with van der Waals surface area (Å²) in [5.41, 5.74) is 2.45. The van der Waals surface area contributed by atoms with Crippen LogP contribution in [0.4, 0.5) is 11.4 Å². The van der Waals surface area contributed by atoms with Gasteiger partial charge >= 0.3 is 0 Å². The third-order valence-electron chi connectivity index (χ3n) is 5.21. The molecule has 1 amide bonds. The van der Waals surface area contributed by atoms with E-state index in [1.54, 1.807) is 14.0 Å². The second-order valence-electron chi connectivity index (χ2n) is 7.19. The molecule has 4 rings (SSSR count). The number of carbonyl (C=O) groups is 1. The summed E-state index contributed by atoms with van der Waals surface area (Å²) >= 11 is 1.25. The van der Waals surface area contributed by atoms with Gasteiger partial charge in [0, 0.05) is 44.6 Å². The standard InChI is InChI=1S/C20H23N5O2S/c1-13-16-19(21-12-24(3)20(16)27)28-17(13)18(26)22-14-4-6-15(7-5-14)25-10-8-23(2)9-11-25/h4-7,12H,8-11H2,1-3H3,(H,22,26). The lowest BCUT2D eigenvalue weighted by Gasteiger charge is -2.34. The van der Waals surface area contributed by atoms with E-state index < -0.39 is 0 Å². The van der Waals surface area contributed by atoms with E-state index in [0.717, 1.165) is 37.6 Å². The fourth-order valence-corrected chi connectivity index (χ4v) is 4.47. The van der Waals surface area contributed by atoms with E-state index in [4.69, 9.17) is 0 Å². The molecule has 8 heteroatoms. The van der Waals surface area contributed by atoms with Crippen LogP contribution in [0.25, 0.3) is 10.2 Å². The lowest BCUT2D eigenvalue weighted by molar-refractivity contribution is 0.103. The minimum atomic E-state index is -0.213. The largest absolute Gasteiger partial charge is 0.369 e. The molecule has 0 spiro atoms. The average Bonchev–Trinajstić information content (AvgIpc) is 3.03. The van der Waals surface area contributed by atoms with Gasteiger partial charge in [0.05, 0.1) is 16.6 Å². The van der Waals surface area contributed by atoms with Gasteiger partial charge in [0.2, 0.25) is 0 Å². The van der Waals surface area contributed by atoms with E-state index in [9.17, 15) is 9.59 Å². The summed E-state index contributed by atoms with van der Waals surface area (Å²) in [6, 6.07) is 7.92. The van der Waals surface area contributed by atoms with Crippen LogP contribution in [0.5, 0.6) is 0 Å². The molecule has 3 aromatic rings. The molecule has 2 aromatic heterocycles. The van der Waals surface area contributed by atoms with Gasteiger partial charge in [0.15, 0.2) is 0 Å². The SMILES string of the molecule is Cc1c(C(=O)Nc2ccc(N3CCN(C)CC3)cc2)sc2ncn(C)c(=O)c12. The smallest absolute Gasteiger partial charge is 0.266 e. The summed E-state index contributed by atoms with van der Waals surface area (Å²) in [5.74, 6) is -0.213. The number of aromatic nitrogens is 2. The number of anilines is 2. The first-order valence-electron chi connectivity index (χ1n) is 9.23. The van der Waals surface area contributed by atoms with E-state index in [2.05, 4.69) is 27.1 Å². The Hall–Kier alpha value is -2.71. The van der Waals surface area contributed by atoms with E-state index in [0.29, 0.717) is 20.7 Å². The number of carbonyl (C=O) groups excluding carboxylic acids is 1. The minimum Gasteiger partial charge on any atom is -0.369 e. The minimum absolute atomic E-state index is 0.130. The molecule has 0 radical (unpaired) electrons. The summed E-state index contributed by atoms with van der Waals surface area (Å²) in [4.78, 5) is 35.2. The Morgan fingerprint density at radius 2 is 1.79 bits per heavy atom. The number of piperazine rings is 1. The number of aryl methyl sites for hydroxylation is 2. The lowest BCUT2D eigenvalue weighted by atomic mass is 10.2. The van der Waals surface area contributed by atoms with Crippen molar-refractivity contribution in [2.75, 3.05) is 43.4 Å². The third kappa shape index (κ3) is 3.41. The first-order chi connectivity index (χ1) is 13.4. The second-order valence-corrected chi connectivity index (χ2v) is 8.19. The van der Waals surface area contributed by atoms with E-state index in [1.165, 1.54) is 22.2 Å². The molecule has 28 heavy (non-hydrogen) atoms. The highest BCUT2D eigenvalue weighted by molar-refractivity contribution is 7.20. The van der Waals surface area contributed by atoms with E-state index >= 15 is 0 Å². The molecule has 0 saturated carbocycles. The third-order valence-corrected chi connectivity index (χ3v) is 6.41. The lowest BCUT2D eigenvalue weighted by Crippen LogP contribution is -2.44. The molecule has 0 unspecified atom stereocenters. The monoisotopic (exact) mass is 397 g/mol. The number of hydrogen-bond acceptors (Lipinski definition) is 6. The van der Waals surface area contributed by atoms with Crippen LogP contribution in [0.2, 0.25) is 0 Å². The Kier molecular flexibility index (Phi) is 4.91. The Bertz CT molecular complexity index is 1080. The van der Waals surface area contributed by atoms with Crippen molar-refractivity contribution in [2.24, 2.45) is 7.05 Å². The molecule has 1 aliphatic heterocycles. The summed E-state index contributed by atoms with van der Waals surface area (Å²) in [5, 5.41) is 3.46. The fourth-order valence-electron chi connectivity index (χ4n) is 3.43. The highest BCUT2D eigenvalue weighted by Crippen LogP contribution is 2.28. The predicted octanol–water partition coefficient (Wildman–Crippen LogP) is 2.31. The highest BCUT2D eigenvalue weighted by Gasteiger charge is 2.19. The number of fused-ring (bicyclic) bond motifs is 1. The molecule has 1 N–H and O–H groups in total. The first kappa shape index (κ1) is 18.6. The summed E-state index contributed by atoms with van der Waals surface area (Å²) in [7, 11) is 3.80. The number of nitrogens with one attached hydrogen (secondary N) is 1. The summed E-state index contributed by atoms with van der Waals surface area (Å²) < 4.78 is 1.43. The maximum absolute atomic E-state index is 12.8. The summed E-state index contributed by atoms with van der Waals surface area (Å²) in [6.45, 7) is 5.91. The van der Waals surface area contributed by atoms with Crippen LogP contribution < -0.4 is 15.8 Å². The van der Waals surface area contributed by atoms with E-state index in [-0.39, 0.29) is 11.5 Å². The number of nitrogens with zero attached hydrogens (tertiary/aromatic N) is 4. The van der Waals surface area contributed by atoms with Crippen LogP contribution in [0.3, 0.4) is 0 Å². The zero-order valence-corrected chi connectivity index (χ0v) is 17.0. The van der Waals surface area contributed by atoms with Gasteiger partial charge in [-0.1, -0.05) is 0 Å². The molecule has 0 atom stereocenters. The van der Waals surface area contributed by atoms with Crippen molar-refractivity contribution < 1.29 is 4.79 Å². The highest BCUT2D eigenvalue weighted by atomic mass is 32.1. The fraction of sp³-hybridized carbons (Fsp3) is 0.350. The van der Waals surface area contributed by atoms with Crippen molar-refractivity contribution in [2.45, 2.75) is 6.92 Å². The van der Waals surface area contributed by atoms with Gasteiger partial charge in [-0.2, -0.15) is 0 Å². The van der Waals surface area contributed by atoms with Gasteiger partial charge in [-0.3, -0.25) is 9.59 Å². The molecule has 1 fully saturated rings. The van der Waals surface area contributed by atoms with Crippen molar-refractivity contribution in [3.05, 3.63) is 51.4 Å². The Morgan fingerprint density at radius 3 is 2.46 bits per heavy atom. The van der Waals surface area contributed by atoms with Crippen LogP contribution in [0, 0.1) is 6.92 Å². The quantitative estimate of drug-likeness (QED) is 0.734. The number of benzene rings is 1. The summed E-state index contributed by atoms with van der Waals surface area (Å²) in [6.07, 6.45) is 1.49. The zero-order chi connectivity index (χ0) is 19.8. The number of rotatable bonds is 3. The Balaban J connectivity index is 1.52. The van der Waals surface area contributed by atoms with Gasteiger partial charge in [-0.15, -0.1) is 11.3 Å². The second kappa shape index (κ2) is 7.37. The Morgan fingerprint density at radius 1 is 1.11 bits per heavy atom. The van der Waals surface area contributed by atoms with Crippen LogP contribution >= 0.6 is 11.3 Å². The molecule has 0 aliphatic carbocycles. The van der Waals surface area contributed by atoms with Gasteiger partial charge in [0.25, 0.3) is 11.5 Å². The Labute approximate surface area is 167 Å². The topological polar surface area (TPSA) is 70.5 Å². The molecular weight excluding hydrogens is 374 g/mol. The van der Waals surface area contributed by atoms with Crippen molar-refractivity contribution in [3.8, 4) is 0 Å². The van der Waals surface area contributed by atoms with Gasteiger partial charge in [0.1, 0.15) is 4.83 Å². The number of amides is 1. The molecule has 1 saturated heterocycles. The molecule has 3 heterocycles. The molecular formula is C20H23N5O2S. The maximum Gasteiger partial charge on any atom is 0.266 e. The van der Waals surface area contributed by atoms with E-state index in [1.807, 2.05) is 24.3 Å². The molecule has 146 valence electrons. The van der Waals surface area contributed by atoms with Crippen LogP contribution in [0.1, 0.15) is 15.2 Å². The van der Waals surface area contributed by atoms with Crippen molar-refractivity contribution in [1.29, 1.82) is 0 Å². The van der Waals surface area contributed by atoms with Crippen LogP contribution in [-0.4, -0.2) is 53.6 Å². The molecule has 0 bridgehead atoms. The van der Waals surface area contributed by atoms with Crippen LogP contribution in [0.15, 0.2) is 35.4 Å².